The first-order valence-electron chi connectivity index (χ1n) is 31.8. The molecule has 0 spiro atoms. The van der Waals surface area contributed by atoms with Gasteiger partial charge in [-0.3, -0.25) is 18.6 Å². The number of allylic oxidation sites excluding steroid dienone is 5. The van der Waals surface area contributed by atoms with Crippen LogP contribution in [-0.4, -0.2) is 74.3 Å². The van der Waals surface area contributed by atoms with Crippen molar-refractivity contribution < 1.29 is 37.3 Å². The molecule has 9 nitrogen and oxygen atoms in total. The fourth-order valence-corrected chi connectivity index (χ4v) is 10.1. The van der Waals surface area contributed by atoms with Crippen LogP contribution in [0.1, 0.15) is 310 Å². The Morgan fingerprint density at radius 2 is 0.824 bits per heavy atom. The molecular formula is C64H124N2O7P+. The third-order valence-corrected chi connectivity index (χ3v) is 15.3. The van der Waals surface area contributed by atoms with Crippen molar-refractivity contribution in [2.45, 2.75) is 322 Å². The molecule has 0 aromatic heterocycles. The summed E-state index contributed by atoms with van der Waals surface area (Å²) in [6.07, 6.45) is 65.6. The average molecular weight is 1060 g/mol. The highest BCUT2D eigenvalue weighted by Gasteiger charge is 2.30. The number of nitrogens with zero attached hydrogens (tertiary/aromatic N) is 1. The molecule has 2 N–H and O–H groups in total. The molecule has 0 radical (unpaired) electrons. The van der Waals surface area contributed by atoms with Crippen LogP contribution >= 0.6 is 7.82 Å². The topological polar surface area (TPSA) is 111 Å². The lowest BCUT2D eigenvalue weighted by Gasteiger charge is -2.27. The van der Waals surface area contributed by atoms with Crippen molar-refractivity contribution in [1.82, 2.24) is 5.32 Å². The van der Waals surface area contributed by atoms with Crippen molar-refractivity contribution >= 4 is 19.7 Å². The average Bonchev–Trinajstić information content (AvgIpc) is 3.36. The van der Waals surface area contributed by atoms with Gasteiger partial charge in [-0.15, -0.1) is 0 Å². The molecule has 0 heterocycles. The Morgan fingerprint density at radius 3 is 1.24 bits per heavy atom. The number of hydrogen-bond donors (Lipinski definition) is 2. The van der Waals surface area contributed by atoms with Crippen LogP contribution in [0.3, 0.4) is 0 Å². The lowest BCUT2D eigenvalue weighted by Crippen LogP contribution is -2.47. The van der Waals surface area contributed by atoms with Crippen molar-refractivity contribution in [2.75, 3.05) is 40.9 Å². The molecule has 74 heavy (non-hydrogen) atoms. The lowest BCUT2D eigenvalue weighted by molar-refractivity contribution is -0.870. The molecule has 0 aliphatic heterocycles. The molecule has 0 saturated heterocycles. The lowest BCUT2D eigenvalue weighted by atomic mass is 10.0. The number of ether oxygens (including phenoxy) is 1. The van der Waals surface area contributed by atoms with E-state index in [4.69, 9.17) is 13.8 Å². The molecule has 0 aromatic carbocycles. The second kappa shape index (κ2) is 54.6. The molecule has 0 aromatic rings. The van der Waals surface area contributed by atoms with Crippen LogP contribution in [0.25, 0.3) is 0 Å². The number of carbonyl (C=O) groups is 2. The predicted molar refractivity (Wildman–Crippen MR) is 319 cm³/mol. The Hall–Kier alpha value is -1.77. The smallest absolute Gasteiger partial charge is 0.456 e. The first-order valence-corrected chi connectivity index (χ1v) is 33.3. The number of quaternary nitrogens is 1. The summed E-state index contributed by atoms with van der Waals surface area (Å²) in [7, 11) is 1.51. The number of rotatable bonds is 58. The number of nitrogens with one attached hydrogen (secondary N) is 1. The fraction of sp³-hybridized carbons (Fsp3) is 0.875. The number of esters is 1. The van der Waals surface area contributed by atoms with E-state index in [1.165, 1.54) is 212 Å². The maximum Gasteiger partial charge on any atom is 0.472 e. The maximum absolute atomic E-state index is 13.6. The van der Waals surface area contributed by atoms with Gasteiger partial charge in [0.2, 0.25) is 5.91 Å². The van der Waals surface area contributed by atoms with E-state index in [9.17, 15) is 19.0 Å². The van der Waals surface area contributed by atoms with Gasteiger partial charge in [-0.25, -0.2) is 4.57 Å². The van der Waals surface area contributed by atoms with Crippen LogP contribution in [0.15, 0.2) is 36.5 Å². The zero-order valence-electron chi connectivity index (χ0n) is 49.9. The summed E-state index contributed by atoms with van der Waals surface area (Å²) in [5.41, 5.74) is 0. The maximum atomic E-state index is 13.6. The van der Waals surface area contributed by atoms with Gasteiger partial charge in [0.05, 0.1) is 33.8 Å². The predicted octanol–water partition coefficient (Wildman–Crippen LogP) is 19.5. The Balaban J connectivity index is 5.20. The fourth-order valence-electron chi connectivity index (χ4n) is 9.38. The van der Waals surface area contributed by atoms with E-state index in [0.717, 1.165) is 64.2 Å². The van der Waals surface area contributed by atoms with Gasteiger partial charge in [0.25, 0.3) is 0 Å². The molecule has 0 rings (SSSR count). The Bertz CT molecular complexity index is 1360. The Kier molecular flexibility index (Phi) is 53.3. The molecule has 3 unspecified atom stereocenters. The van der Waals surface area contributed by atoms with Crippen molar-refractivity contribution in [1.29, 1.82) is 0 Å². The monoisotopic (exact) mass is 1060 g/mol. The third kappa shape index (κ3) is 55.0. The molecule has 0 aliphatic carbocycles. The number of likely N-dealkylation sites (N-methyl/N-ethyl adjacent to an activating group) is 1. The Labute approximate surface area is 459 Å². The summed E-state index contributed by atoms with van der Waals surface area (Å²) in [5, 5.41) is 3.06. The van der Waals surface area contributed by atoms with E-state index < -0.39 is 20.0 Å². The number of hydrogen-bond acceptors (Lipinski definition) is 6. The minimum Gasteiger partial charge on any atom is -0.456 e. The molecule has 0 aliphatic rings. The summed E-state index contributed by atoms with van der Waals surface area (Å²) >= 11 is 0. The second-order valence-electron chi connectivity index (χ2n) is 22.9. The standard InChI is InChI=1S/C64H123N2O7P/c1-7-10-13-16-19-22-25-28-30-31-32-33-34-35-36-38-41-44-47-50-53-56-63(67)65-61(60-72-74(69,70)71-59-58-66(4,5)6)62(55-52-49-46-43-40-37-27-24-21-18-15-12-9-3)73-64(68)57-54-51-48-45-42-39-29-26-23-20-17-14-11-8-2/h19,22,28,30,52,55,61-62H,7-18,20-21,23-27,29,31-51,53-54,56-60H2,1-6H3,(H-,65,67,69,70)/p+1/b22-19-,30-28-,55-52-. The van der Waals surface area contributed by atoms with E-state index in [0.29, 0.717) is 23.9 Å². The normalized spacial score (nSPS) is 13.9. The molecule has 0 saturated carbocycles. The van der Waals surface area contributed by atoms with Gasteiger partial charge in [0, 0.05) is 12.8 Å². The largest absolute Gasteiger partial charge is 0.472 e. The summed E-state index contributed by atoms with van der Waals surface area (Å²) in [5.74, 6) is -0.493. The van der Waals surface area contributed by atoms with Crippen molar-refractivity contribution in [3.63, 3.8) is 0 Å². The molecule has 0 fully saturated rings. The van der Waals surface area contributed by atoms with Crippen molar-refractivity contribution in [2.24, 2.45) is 0 Å². The summed E-state index contributed by atoms with van der Waals surface area (Å²) in [6.45, 7) is 7.02. The van der Waals surface area contributed by atoms with Gasteiger partial charge in [0.1, 0.15) is 19.3 Å². The van der Waals surface area contributed by atoms with Crippen LogP contribution in [-0.2, 0) is 27.9 Å². The number of unbranched alkanes of at least 4 members (excludes halogenated alkanes) is 38. The number of phosphoric acid groups is 1. The van der Waals surface area contributed by atoms with E-state index in [1.54, 1.807) is 0 Å². The van der Waals surface area contributed by atoms with Gasteiger partial charge in [-0.05, 0) is 63.9 Å². The summed E-state index contributed by atoms with van der Waals surface area (Å²) in [6, 6.07) is -0.845. The summed E-state index contributed by atoms with van der Waals surface area (Å²) < 4.78 is 30.7. The van der Waals surface area contributed by atoms with E-state index >= 15 is 0 Å². The molecule has 0 bridgehead atoms. The van der Waals surface area contributed by atoms with Crippen molar-refractivity contribution in [3.05, 3.63) is 36.5 Å². The van der Waals surface area contributed by atoms with E-state index in [1.807, 2.05) is 33.3 Å². The van der Waals surface area contributed by atoms with Gasteiger partial charge in [-0.2, -0.15) is 0 Å². The highest BCUT2D eigenvalue weighted by molar-refractivity contribution is 7.47. The number of carbonyl (C=O) groups excluding carboxylic acids is 2. The molecule has 436 valence electrons. The first kappa shape index (κ1) is 72.2. The number of phosphoric ester groups is 1. The quantitative estimate of drug-likeness (QED) is 0.0205. The van der Waals surface area contributed by atoms with Gasteiger partial charge in [0.15, 0.2) is 0 Å². The summed E-state index contributed by atoms with van der Waals surface area (Å²) in [4.78, 5) is 37.7. The van der Waals surface area contributed by atoms with Crippen LogP contribution in [0, 0.1) is 0 Å². The molecule has 3 atom stereocenters. The molecular weight excluding hydrogens is 940 g/mol. The minimum atomic E-state index is -4.44. The van der Waals surface area contributed by atoms with Gasteiger partial charge < -0.3 is 19.4 Å². The van der Waals surface area contributed by atoms with Crippen LogP contribution in [0.5, 0.6) is 0 Å². The minimum absolute atomic E-state index is 0.0424. The van der Waals surface area contributed by atoms with Gasteiger partial charge >= 0.3 is 13.8 Å². The zero-order valence-corrected chi connectivity index (χ0v) is 50.7. The molecule has 10 heteroatoms. The SMILES string of the molecule is CCCCC/C=C\C/C=C\CCCCCCCCCCCCCC(=O)NC(COP(=O)(O)OCC[N+](C)(C)C)C(/C=C\CCCCCCCCCCCCC)OC(=O)CCCCCCCCCCCCCCCC. The molecule has 1 amide bonds. The van der Waals surface area contributed by atoms with E-state index in [-0.39, 0.29) is 25.1 Å². The Morgan fingerprint density at radius 1 is 0.473 bits per heavy atom. The highest BCUT2D eigenvalue weighted by atomic mass is 31.2. The van der Waals surface area contributed by atoms with Crippen molar-refractivity contribution in [3.8, 4) is 0 Å². The van der Waals surface area contributed by atoms with Crippen LogP contribution in [0.2, 0.25) is 0 Å². The van der Waals surface area contributed by atoms with E-state index in [2.05, 4.69) is 50.4 Å². The first-order chi connectivity index (χ1) is 35.9. The zero-order chi connectivity index (χ0) is 54.3. The van der Waals surface area contributed by atoms with Crippen LogP contribution < -0.4 is 5.32 Å². The third-order valence-electron chi connectivity index (χ3n) is 14.3. The highest BCUT2D eigenvalue weighted by Crippen LogP contribution is 2.43. The van der Waals surface area contributed by atoms with Crippen LogP contribution in [0.4, 0.5) is 0 Å². The number of amides is 1. The second-order valence-corrected chi connectivity index (χ2v) is 24.4. The van der Waals surface area contributed by atoms with Gasteiger partial charge in [-0.1, -0.05) is 269 Å².